The van der Waals surface area contributed by atoms with Gasteiger partial charge in [0, 0.05) is 6.42 Å². The van der Waals surface area contributed by atoms with Crippen LogP contribution in [0.4, 0.5) is 0 Å². The van der Waals surface area contributed by atoms with Crippen molar-refractivity contribution in [2.24, 2.45) is 0 Å². The average molecular weight is 130 g/mol. The molecule has 0 amide bonds. The van der Waals surface area contributed by atoms with Crippen molar-refractivity contribution in [2.75, 3.05) is 6.61 Å². The Balaban J connectivity index is 2.47. The van der Waals surface area contributed by atoms with E-state index in [1.54, 1.807) is 0 Å². The van der Waals surface area contributed by atoms with Gasteiger partial charge in [-0.25, -0.2) is 0 Å². The lowest BCUT2D eigenvalue weighted by Crippen LogP contribution is -2.24. The van der Waals surface area contributed by atoms with Crippen LogP contribution in [0.3, 0.4) is 0 Å². The Morgan fingerprint density at radius 3 is 2.67 bits per heavy atom. The Morgan fingerprint density at radius 1 is 1.78 bits per heavy atom. The van der Waals surface area contributed by atoms with E-state index in [-0.39, 0.29) is 6.61 Å². The van der Waals surface area contributed by atoms with Crippen LogP contribution < -0.4 is 0 Å². The molecule has 1 saturated heterocycles. The first-order valence-electron chi connectivity index (χ1n) is 2.87. The first-order valence-corrected chi connectivity index (χ1v) is 2.87. The number of aliphatic hydroxyl groups excluding tert-OH is 2. The van der Waals surface area contributed by atoms with Gasteiger partial charge in [-0.3, -0.25) is 0 Å². The van der Waals surface area contributed by atoms with Crippen LogP contribution in [0.25, 0.3) is 0 Å². The molecule has 0 unspecified atom stereocenters. The zero-order valence-electron chi connectivity index (χ0n) is 5.08. The molecule has 0 aromatic heterocycles. The molecule has 1 fully saturated rings. The lowest BCUT2D eigenvalue weighted by Gasteiger charge is -2.08. The molecule has 1 rings (SSSR count). The summed E-state index contributed by atoms with van der Waals surface area (Å²) in [5.74, 6) is 0.557. The van der Waals surface area contributed by atoms with Crippen molar-refractivity contribution >= 4 is 0 Å². The van der Waals surface area contributed by atoms with E-state index in [0.717, 1.165) is 0 Å². The molecule has 3 heteroatoms. The molecule has 0 saturated carbocycles. The van der Waals surface area contributed by atoms with Gasteiger partial charge in [0.2, 0.25) is 0 Å². The molecule has 1 heterocycles. The Kier molecular flexibility index (Phi) is 1.73. The topological polar surface area (TPSA) is 49.7 Å². The Hall–Kier alpha value is -0.540. The highest BCUT2D eigenvalue weighted by Gasteiger charge is 2.28. The van der Waals surface area contributed by atoms with Crippen LogP contribution in [0.1, 0.15) is 6.42 Å². The van der Waals surface area contributed by atoms with Crippen molar-refractivity contribution in [3.05, 3.63) is 12.3 Å². The minimum atomic E-state index is -0.567. The maximum Gasteiger partial charge on any atom is 0.147 e. The van der Waals surface area contributed by atoms with E-state index in [0.29, 0.717) is 12.2 Å². The van der Waals surface area contributed by atoms with Crippen LogP contribution >= 0.6 is 0 Å². The van der Waals surface area contributed by atoms with Crippen LogP contribution in [0, 0.1) is 0 Å². The smallest absolute Gasteiger partial charge is 0.147 e. The largest absolute Gasteiger partial charge is 0.490 e. The molecule has 3 nitrogen and oxygen atoms in total. The molecule has 0 aliphatic carbocycles. The van der Waals surface area contributed by atoms with Crippen LogP contribution in [0.5, 0.6) is 0 Å². The average Bonchev–Trinajstić information content (AvgIpc) is 2.10. The van der Waals surface area contributed by atoms with Crippen molar-refractivity contribution in [1.82, 2.24) is 0 Å². The van der Waals surface area contributed by atoms with E-state index in [4.69, 9.17) is 14.9 Å². The monoisotopic (exact) mass is 130 g/mol. The highest BCUT2D eigenvalue weighted by atomic mass is 16.5. The van der Waals surface area contributed by atoms with E-state index in [2.05, 4.69) is 6.58 Å². The van der Waals surface area contributed by atoms with E-state index < -0.39 is 12.2 Å². The van der Waals surface area contributed by atoms with Gasteiger partial charge < -0.3 is 14.9 Å². The lowest BCUT2D eigenvalue weighted by molar-refractivity contribution is 0.0192. The van der Waals surface area contributed by atoms with E-state index >= 15 is 0 Å². The summed E-state index contributed by atoms with van der Waals surface area (Å²) in [6, 6.07) is 0. The van der Waals surface area contributed by atoms with Crippen LogP contribution in [0.2, 0.25) is 0 Å². The van der Waals surface area contributed by atoms with Gasteiger partial charge in [0.1, 0.15) is 12.2 Å². The fraction of sp³-hybridized carbons (Fsp3) is 0.667. The fourth-order valence-corrected chi connectivity index (χ4v) is 0.864. The van der Waals surface area contributed by atoms with Crippen LogP contribution in [0.15, 0.2) is 12.3 Å². The van der Waals surface area contributed by atoms with E-state index in [9.17, 15) is 0 Å². The second-order valence-electron chi connectivity index (χ2n) is 2.15. The van der Waals surface area contributed by atoms with Crippen molar-refractivity contribution in [3.8, 4) is 0 Å². The summed E-state index contributed by atoms with van der Waals surface area (Å²) in [7, 11) is 0. The molecule has 0 spiro atoms. The Bertz CT molecular complexity index is 121. The summed E-state index contributed by atoms with van der Waals surface area (Å²) < 4.78 is 4.93. The van der Waals surface area contributed by atoms with Crippen molar-refractivity contribution < 1.29 is 14.9 Å². The minimum absolute atomic E-state index is 0.139. The molecular formula is C6H10O3. The first kappa shape index (κ1) is 6.58. The Labute approximate surface area is 53.6 Å². The third-order valence-electron chi connectivity index (χ3n) is 1.36. The Morgan fingerprint density at radius 2 is 2.44 bits per heavy atom. The van der Waals surface area contributed by atoms with Gasteiger partial charge in [0.15, 0.2) is 0 Å². The zero-order valence-corrected chi connectivity index (χ0v) is 5.08. The summed E-state index contributed by atoms with van der Waals surface area (Å²) in [6.07, 6.45) is -0.564. The predicted octanol–water partition coefficient (Wildman–Crippen LogP) is -0.358. The third kappa shape index (κ3) is 1.23. The standard InChI is InChI=1S/C6H10O3/c1-4-2-5(8)6(3-7)9-4/h5-8H,1-3H2/t5-,6-/m1/s1. The van der Waals surface area contributed by atoms with Gasteiger partial charge >= 0.3 is 0 Å². The fourth-order valence-electron chi connectivity index (χ4n) is 0.864. The molecule has 0 aromatic rings. The molecule has 1 aliphatic rings. The normalized spacial score (nSPS) is 34.7. The molecule has 2 N–H and O–H groups in total. The summed E-state index contributed by atoms with van der Waals surface area (Å²) in [4.78, 5) is 0. The van der Waals surface area contributed by atoms with Crippen LogP contribution in [-0.2, 0) is 4.74 Å². The van der Waals surface area contributed by atoms with E-state index in [1.807, 2.05) is 0 Å². The van der Waals surface area contributed by atoms with Gasteiger partial charge in [-0.05, 0) is 0 Å². The number of hydrogen-bond acceptors (Lipinski definition) is 3. The highest BCUT2D eigenvalue weighted by molar-refractivity contribution is 4.96. The minimum Gasteiger partial charge on any atom is -0.490 e. The highest BCUT2D eigenvalue weighted by Crippen LogP contribution is 2.20. The van der Waals surface area contributed by atoms with Crippen molar-refractivity contribution in [1.29, 1.82) is 0 Å². The molecule has 0 aromatic carbocycles. The maximum absolute atomic E-state index is 9.01. The number of aliphatic hydroxyl groups is 2. The van der Waals surface area contributed by atoms with E-state index in [1.165, 1.54) is 0 Å². The quantitative estimate of drug-likeness (QED) is 0.509. The lowest BCUT2D eigenvalue weighted by atomic mass is 10.2. The second kappa shape index (κ2) is 2.37. The van der Waals surface area contributed by atoms with Crippen molar-refractivity contribution in [2.45, 2.75) is 18.6 Å². The zero-order chi connectivity index (χ0) is 6.85. The third-order valence-corrected chi connectivity index (χ3v) is 1.36. The molecule has 0 radical (unpaired) electrons. The summed E-state index contributed by atoms with van der Waals surface area (Å²) >= 11 is 0. The second-order valence-corrected chi connectivity index (χ2v) is 2.15. The van der Waals surface area contributed by atoms with Gasteiger partial charge in [0.25, 0.3) is 0 Å². The van der Waals surface area contributed by atoms with Gasteiger partial charge in [-0.1, -0.05) is 6.58 Å². The molecule has 52 valence electrons. The molecule has 9 heavy (non-hydrogen) atoms. The van der Waals surface area contributed by atoms with Gasteiger partial charge in [0.05, 0.1) is 12.4 Å². The molecule has 1 aliphatic heterocycles. The molecular weight excluding hydrogens is 120 g/mol. The maximum atomic E-state index is 9.01. The summed E-state index contributed by atoms with van der Waals surface area (Å²) in [5.41, 5.74) is 0. The van der Waals surface area contributed by atoms with Gasteiger partial charge in [-0.15, -0.1) is 0 Å². The summed E-state index contributed by atoms with van der Waals surface area (Å²) in [5, 5.41) is 17.5. The first-order chi connectivity index (χ1) is 4.24. The van der Waals surface area contributed by atoms with Crippen molar-refractivity contribution in [3.63, 3.8) is 0 Å². The molecule has 0 bridgehead atoms. The predicted molar refractivity (Wildman–Crippen MR) is 31.7 cm³/mol. The summed E-state index contributed by atoms with van der Waals surface area (Å²) in [6.45, 7) is 3.37. The van der Waals surface area contributed by atoms with Crippen LogP contribution in [-0.4, -0.2) is 29.0 Å². The molecule has 2 atom stereocenters. The number of rotatable bonds is 1. The SMILES string of the molecule is C=C1C[C@@H](O)[C@@H](CO)O1. The van der Waals surface area contributed by atoms with Gasteiger partial charge in [-0.2, -0.15) is 0 Å². The number of hydrogen-bond donors (Lipinski definition) is 2. The number of ether oxygens (including phenoxy) is 1.